The second-order valence-electron chi connectivity index (χ2n) is 7.17. The van der Waals surface area contributed by atoms with E-state index in [0.29, 0.717) is 24.1 Å². The van der Waals surface area contributed by atoms with Crippen molar-refractivity contribution in [3.05, 3.63) is 29.8 Å². The summed E-state index contributed by atoms with van der Waals surface area (Å²) in [7, 11) is 0. The zero-order valence-electron chi connectivity index (χ0n) is 13.4. The lowest BCUT2D eigenvalue weighted by atomic mass is 9.81. The van der Waals surface area contributed by atoms with Gasteiger partial charge in [0.15, 0.2) is 0 Å². The van der Waals surface area contributed by atoms with Gasteiger partial charge in [0.05, 0.1) is 11.8 Å². The van der Waals surface area contributed by atoms with Crippen molar-refractivity contribution in [2.45, 2.75) is 25.8 Å². The molecule has 4 rings (SSSR count). The van der Waals surface area contributed by atoms with Gasteiger partial charge in [-0.25, -0.2) is 0 Å². The van der Waals surface area contributed by atoms with Crippen molar-refractivity contribution in [2.24, 2.45) is 23.7 Å². The summed E-state index contributed by atoms with van der Waals surface area (Å²) in [4.78, 5) is 38.4. The topological polar surface area (TPSA) is 92.5 Å². The summed E-state index contributed by atoms with van der Waals surface area (Å²) in [6.45, 7) is 0.187. The second kappa shape index (κ2) is 5.61. The lowest BCUT2D eigenvalue weighted by Gasteiger charge is -2.19. The Labute approximate surface area is 140 Å². The van der Waals surface area contributed by atoms with Gasteiger partial charge < -0.3 is 11.1 Å². The van der Waals surface area contributed by atoms with E-state index >= 15 is 0 Å². The van der Waals surface area contributed by atoms with Crippen LogP contribution >= 0.6 is 0 Å². The highest BCUT2D eigenvalue weighted by molar-refractivity contribution is 6.08. The Hall–Kier alpha value is -2.37. The van der Waals surface area contributed by atoms with Crippen molar-refractivity contribution in [3.63, 3.8) is 0 Å². The number of nitrogens with two attached hydrogens (primary N) is 1. The van der Waals surface area contributed by atoms with Gasteiger partial charge >= 0.3 is 0 Å². The van der Waals surface area contributed by atoms with Gasteiger partial charge in [-0.15, -0.1) is 0 Å². The maximum atomic E-state index is 12.5. The van der Waals surface area contributed by atoms with Gasteiger partial charge in [-0.05, 0) is 48.8 Å². The van der Waals surface area contributed by atoms with Crippen LogP contribution in [0.5, 0.6) is 0 Å². The van der Waals surface area contributed by atoms with E-state index in [1.807, 2.05) is 12.1 Å². The molecule has 0 unspecified atom stereocenters. The Morgan fingerprint density at radius 1 is 1.08 bits per heavy atom. The summed E-state index contributed by atoms with van der Waals surface area (Å²) in [6, 6.07) is 7.21. The number of carbonyl (C=O) groups is 3. The van der Waals surface area contributed by atoms with Crippen LogP contribution in [0.4, 0.5) is 5.69 Å². The first-order valence-corrected chi connectivity index (χ1v) is 8.51. The van der Waals surface area contributed by atoms with Gasteiger partial charge in [-0.2, -0.15) is 0 Å². The van der Waals surface area contributed by atoms with Crippen LogP contribution in [0, 0.1) is 23.7 Å². The predicted molar refractivity (Wildman–Crippen MR) is 87.2 cm³/mol. The molecule has 1 aromatic carbocycles. The average molecular weight is 327 g/mol. The van der Waals surface area contributed by atoms with E-state index in [9.17, 15) is 14.4 Å². The Morgan fingerprint density at radius 2 is 1.67 bits per heavy atom. The van der Waals surface area contributed by atoms with Crippen LogP contribution in [0.1, 0.15) is 24.8 Å². The van der Waals surface area contributed by atoms with E-state index in [1.165, 1.54) is 4.90 Å². The van der Waals surface area contributed by atoms with Gasteiger partial charge in [0, 0.05) is 12.2 Å². The number of nitrogens with zero attached hydrogens (tertiary/aromatic N) is 1. The Morgan fingerprint density at radius 3 is 2.25 bits per heavy atom. The number of amides is 3. The number of rotatable bonds is 4. The van der Waals surface area contributed by atoms with Gasteiger partial charge in [0.2, 0.25) is 17.7 Å². The van der Waals surface area contributed by atoms with Crippen LogP contribution in [0.25, 0.3) is 0 Å². The van der Waals surface area contributed by atoms with Crippen molar-refractivity contribution in [3.8, 4) is 0 Å². The molecule has 3 N–H and O–H groups in total. The third kappa shape index (κ3) is 2.37. The van der Waals surface area contributed by atoms with E-state index in [4.69, 9.17) is 5.73 Å². The lowest BCUT2D eigenvalue weighted by Crippen LogP contribution is -2.41. The van der Waals surface area contributed by atoms with Crippen LogP contribution in [-0.4, -0.2) is 29.2 Å². The lowest BCUT2D eigenvalue weighted by molar-refractivity contribution is -0.144. The third-order valence-electron chi connectivity index (χ3n) is 5.79. The van der Waals surface area contributed by atoms with E-state index in [2.05, 4.69) is 5.32 Å². The van der Waals surface area contributed by atoms with E-state index in [1.54, 1.807) is 12.1 Å². The molecule has 0 radical (unpaired) electrons. The summed E-state index contributed by atoms with van der Waals surface area (Å²) in [6.07, 6.45) is 3.09. The molecule has 3 aliphatic rings. The van der Waals surface area contributed by atoms with Gasteiger partial charge in [-0.1, -0.05) is 12.1 Å². The summed E-state index contributed by atoms with van der Waals surface area (Å²) in [5, 5.41) is 2.76. The standard InChI is InChI=1S/C18H21N3O3/c19-13-5-1-10(2-6-13)8-20-14(22)9-21-17(23)15-11-3-4-12(7-11)16(15)18(21)24/h1-2,5-6,11-12,15-16H,3-4,7-9,19H2,(H,20,22)/t11-,12+,15-,16+. The zero-order valence-corrected chi connectivity index (χ0v) is 13.4. The number of hydrogen-bond acceptors (Lipinski definition) is 4. The normalized spacial score (nSPS) is 30.8. The first kappa shape index (κ1) is 15.2. The number of nitrogen functional groups attached to an aromatic ring is 1. The molecule has 24 heavy (non-hydrogen) atoms. The first-order chi connectivity index (χ1) is 11.5. The molecule has 1 heterocycles. The quantitative estimate of drug-likeness (QED) is 0.635. The predicted octanol–water partition coefficient (Wildman–Crippen LogP) is 0.916. The maximum Gasteiger partial charge on any atom is 0.240 e. The molecular formula is C18H21N3O3. The molecule has 0 spiro atoms. The van der Waals surface area contributed by atoms with Crippen molar-refractivity contribution >= 4 is 23.4 Å². The molecule has 4 atom stereocenters. The fraction of sp³-hybridized carbons (Fsp3) is 0.500. The zero-order chi connectivity index (χ0) is 16.8. The molecule has 126 valence electrons. The number of nitrogens with one attached hydrogen (secondary N) is 1. The average Bonchev–Trinajstić information content (AvgIpc) is 3.24. The van der Waals surface area contributed by atoms with Crippen molar-refractivity contribution in [1.29, 1.82) is 0 Å². The van der Waals surface area contributed by atoms with Crippen LogP contribution in [0.2, 0.25) is 0 Å². The molecule has 6 heteroatoms. The SMILES string of the molecule is Nc1ccc(CNC(=O)CN2C(=O)[C@@H]3[C@@H]4CC[C@@H](C4)[C@@H]3C2=O)cc1. The van der Waals surface area contributed by atoms with Crippen LogP contribution in [0.3, 0.4) is 0 Å². The Kier molecular flexibility index (Phi) is 3.55. The number of anilines is 1. The third-order valence-corrected chi connectivity index (χ3v) is 5.79. The fourth-order valence-corrected chi connectivity index (χ4v) is 4.66. The number of fused-ring (bicyclic) bond motifs is 5. The van der Waals surface area contributed by atoms with E-state index in [-0.39, 0.29) is 36.1 Å². The molecule has 2 saturated carbocycles. The summed E-state index contributed by atoms with van der Waals surface area (Å²) in [5.41, 5.74) is 7.21. The highest BCUT2D eigenvalue weighted by atomic mass is 16.2. The molecule has 1 aromatic rings. The second-order valence-corrected chi connectivity index (χ2v) is 7.17. The van der Waals surface area contributed by atoms with Crippen molar-refractivity contribution in [1.82, 2.24) is 10.2 Å². The largest absolute Gasteiger partial charge is 0.399 e. The molecule has 3 fully saturated rings. The molecule has 2 bridgehead atoms. The molecule has 2 aliphatic carbocycles. The fourth-order valence-electron chi connectivity index (χ4n) is 4.66. The van der Waals surface area contributed by atoms with Gasteiger partial charge in [-0.3, -0.25) is 19.3 Å². The highest BCUT2D eigenvalue weighted by Gasteiger charge is 2.60. The Balaban J connectivity index is 1.37. The molecule has 1 aliphatic heterocycles. The molecule has 0 aromatic heterocycles. The number of hydrogen-bond donors (Lipinski definition) is 2. The number of benzene rings is 1. The van der Waals surface area contributed by atoms with Gasteiger partial charge in [0.1, 0.15) is 6.54 Å². The van der Waals surface area contributed by atoms with Crippen molar-refractivity contribution in [2.75, 3.05) is 12.3 Å². The molecule has 6 nitrogen and oxygen atoms in total. The van der Waals surface area contributed by atoms with Crippen molar-refractivity contribution < 1.29 is 14.4 Å². The first-order valence-electron chi connectivity index (χ1n) is 8.51. The Bertz CT molecular complexity index is 672. The molecule has 1 saturated heterocycles. The monoisotopic (exact) mass is 327 g/mol. The number of imide groups is 1. The molecular weight excluding hydrogens is 306 g/mol. The summed E-state index contributed by atoms with van der Waals surface area (Å²) in [5.74, 6) is -0.221. The maximum absolute atomic E-state index is 12.5. The van der Waals surface area contributed by atoms with E-state index < -0.39 is 0 Å². The number of carbonyl (C=O) groups excluding carboxylic acids is 3. The summed E-state index contributed by atoms with van der Waals surface area (Å²) < 4.78 is 0. The minimum Gasteiger partial charge on any atom is -0.399 e. The van der Waals surface area contributed by atoms with Crippen LogP contribution in [-0.2, 0) is 20.9 Å². The number of likely N-dealkylation sites (tertiary alicyclic amines) is 1. The summed E-state index contributed by atoms with van der Waals surface area (Å²) >= 11 is 0. The van der Waals surface area contributed by atoms with Gasteiger partial charge in [0.25, 0.3) is 0 Å². The minimum atomic E-state index is -0.305. The smallest absolute Gasteiger partial charge is 0.240 e. The highest BCUT2D eigenvalue weighted by Crippen LogP contribution is 2.55. The van der Waals surface area contributed by atoms with Crippen LogP contribution < -0.4 is 11.1 Å². The molecule has 3 amide bonds. The van der Waals surface area contributed by atoms with E-state index in [0.717, 1.165) is 24.8 Å². The minimum absolute atomic E-state index is 0.139. The van der Waals surface area contributed by atoms with Crippen LogP contribution in [0.15, 0.2) is 24.3 Å².